The maximum Gasteiger partial charge on any atom is 0.248 e. The lowest BCUT2D eigenvalue weighted by atomic mass is 10.1. The van der Waals surface area contributed by atoms with Crippen molar-refractivity contribution in [3.05, 3.63) is 64.2 Å². The van der Waals surface area contributed by atoms with Gasteiger partial charge in [0.2, 0.25) is 5.91 Å². The molecule has 0 fully saturated rings. The van der Waals surface area contributed by atoms with Crippen LogP contribution < -0.4 is 15.8 Å². The molecular weight excluding hydrogens is 288 g/mol. The summed E-state index contributed by atoms with van der Waals surface area (Å²) in [5.74, 6) is 0.367. The van der Waals surface area contributed by atoms with Gasteiger partial charge in [0.15, 0.2) is 0 Å². The van der Waals surface area contributed by atoms with Gasteiger partial charge in [-0.05, 0) is 35.9 Å². The highest BCUT2D eigenvalue weighted by Crippen LogP contribution is 2.22. The van der Waals surface area contributed by atoms with E-state index in [9.17, 15) is 4.79 Å². The number of hydrogen-bond donors (Lipinski definition) is 2. The normalized spacial score (nSPS) is 10.4. The average molecular weight is 305 g/mol. The first kappa shape index (κ1) is 15.4. The number of carbonyl (C=O) groups excluding carboxylic acids is 1. The molecule has 2 aromatic carbocycles. The van der Waals surface area contributed by atoms with Gasteiger partial charge in [0.1, 0.15) is 5.75 Å². The van der Waals surface area contributed by atoms with Gasteiger partial charge in [-0.3, -0.25) is 4.79 Å². The summed E-state index contributed by atoms with van der Waals surface area (Å²) in [5, 5.41) is 3.97. The van der Waals surface area contributed by atoms with Crippen LogP contribution in [0.15, 0.2) is 42.5 Å². The first-order chi connectivity index (χ1) is 10.1. The molecule has 0 spiro atoms. The Balaban J connectivity index is 2.00. The van der Waals surface area contributed by atoms with E-state index in [2.05, 4.69) is 5.32 Å². The summed E-state index contributed by atoms with van der Waals surface area (Å²) in [7, 11) is 1.63. The summed E-state index contributed by atoms with van der Waals surface area (Å²) in [4.78, 5) is 11.1. The minimum absolute atomic E-state index is 0.423. The standard InChI is InChI=1S/C16H17ClN2O2/c1-21-15-6-5-14(17)8-13(15)10-19-9-11-3-2-4-12(7-11)16(18)20/h2-8,19H,9-10H2,1H3,(H2,18,20). The second kappa shape index (κ2) is 7.11. The molecule has 0 unspecified atom stereocenters. The van der Waals surface area contributed by atoms with Crippen molar-refractivity contribution < 1.29 is 9.53 Å². The number of halogens is 1. The van der Waals surface area contributed by atoms with Crippen molar-refractivity contribution in [1.82, 2.24) is 5.32 Å². The predicted octanol–water partition coefficient (Wildman–Crippen LogP) is 2.74. The molecule has 0 bridgehead atoms. The fourth-order valence-electron chi connectivity index (χ4n) is 2.06. The van der Waals surface area contributed by atoms with Gasteiger partial charge < -0.3 is 15.8 Å². The molecule has 5 heteroatoms. The fraction of sp³-hybridized carbons (Fsp3) is 0.188. The molecule has 0 aliphatic heterocycles. The van der Waals surface area contributed by atoms with Gasteiger partial charge in [0.25, 0.3) is 0 Å². The molecule has 2 aromatic rings. The third-order valence-electron chi connectivity index (χ3n) is 3.10. The van der Waals surface area contributed by atoms with Crippen LogP contribution in [-0.2, 0) is 13.1 Å². The minimum atomic E-state index is -0.423. The first-order valence-corrected chi connectivity index (χ1v) is 6.90. The van der Waals surface area contributed by atoms with E-state index in [0.717, 1.165) is 16.9 Å². The van der Waals surface area contributed by atoms with Crippen LogP contribution in [0.1, 0.15) is 21.5 Å². The number of primary amides is 1. The SMILES string of the molecule is COc1ccc(Cl)cc1CNCc1cccc(C(N)=O)c1. The quantitative estimate of drug-likeness (QED) is 0.862. The van der Waals surface area contributed by atoms with Gasteiger partial charge >= 0.3 is 0 Å². The second-order valence-electron chi connectivity index (χ2n) is 4.62. The Morgan fingerprint density at radius 2 is 2.05 bits per heavy atom. The van der Waals surface area contributed by atoms with Gasteiger partial charge in [-0.1, -0.05) is 23.7 Å². The van der Waals surface area contributed by atoms with Crippen LogP contribution in [0.4, 0.5) is 0 Å². The summed E-state index contributed by atoms with van der Waals surface area (Å²) in [6, 6.07) is 12.7. The molecule has 0 aromatic heterocycles. The molecule has 2 rings (SSSR count). The summed E-state index contributed by atoms with van der Waals surface area (Å²) in [5.41, 5.74) is 7.75. The lowest BCUT2D eigenvalue weighted by Gasteiger charge is -2.10. The third-order valence-corrected chi connectivity index (χ3v) is 3.33. The van der Waals surface area contributed by atoms with Crippen LogP contribution in [0, 0.1) is 0 Å². The van der Waals surface area contributed by atoms with E-state index in [1.54, 1.807) is 25.3 Å². The molecule has 3 N–H and O–H groups in total. The van der Waals surface area contributed by atoms with E-state index < -0.39 is 5.91 Å². The Kier molecular flexibility index (Phi) is 5.20. The van der Waals surface area contributed by atoms with E-state index in [1.807, 2.05) is 24.3 Å². The van der Waals surface area contributed by atoms with Gasteiger partial charge in [-0.25, -0.2) is 0 Å². The number of methoxy groups -OCH3 is 1. The Bertz CT molecular complexity index is 644. The molecule has 4 nitrogen and oxygen atoms in total. The summed E-state index contributed by atoms with van der Waals surface area (Å²) in [6.07, 6.45) is 0. The maximum atomic E-state index is 11.1. The zero-order valence-corrected chi connectivity index (χ0v) is 12.5. The molecule has 1 amide bonds. The van der Waals surface area contributed by atoms with Gasteiger partial charge in [0, 0.05) is 29.2 Å². The molecule has 0 aliphatic carbocycles. The highest BCUT2D eigenvalue weighted by molar-refractivity contribution is 6.30. The number of nitrogens with one attached hydrogen (secondary N) is 1. The Labute approximate surface area is 128 Å². The van der Waals surface area contributed by atoms with Crippen molar-refractivity contribution in [1.29, 1.82) is 0 Å². The summed E-state index contributed by atoms with van der Waals surface area (Å²) >= 11 is 5.99. The van der Waals surface area contributed by atoms with Gasteiger partial charge in [0.05, 0.1) is 7.11 Å². The average Bonchev–Trinajstić information content (AvgIpc) is 2.48. The molecule has 0 saturated carbocycles. The van der Waals surface area contributed by atoms with E-state index in [-0.39, 0.29) is 0 Å². The monoisotopic (exact) mass is 304 g/mol. The molecule has 110 valence electrons. The van der Waals surface area contributed by atoms with Crippen LogP contribution in [0.2, 0.25) is 5.02 Å². The number of benzene rings is 2. The summed E-state index contributed by atoms with van der Waals surface area (Å²) in [6.45, 7) is 1.24. The van der Waals surface area contributed by atoms with E-state index >= 15 is 0 Å². The van der Waals surface area contributed by atoms with Crippen LogP contribution in [0.25, 0.3) is 0 Å². The second-order valence-corrected chi connectivity index (χ2v) is 5.06. The molecule has 0 aliphatic rings. The molecule has 0 heterocycles. The molecule has 0 radical (unpaired) electrons. The lowest BCUT2D eigenvalue weighted by Crippen LogP contribution is -2.15. The largest absolute Gasteiger partial charge is 0.496 e. The zero-order chi connectivity index (χ0) is 15.2. The van der Waals surface area contributed by atoms with Crippen LogP contribution in [0.5, 0.6) is 5.75 Å². The van der Waals surface area contributed by atoms with E-state index in [0.29, 0.717) is 23.7 Å². The number of amides is 1. The van der Waals surface area contributed by atoms with Crippen molar-refractivity contribution in [2.45, 2.75) is 13.1 Å². The number of nitrogens with two attached hydrogens (primary N) is 1. The lowest BCUT2D eigenvalue weighted by molar-refractivity contribution is 0.1000. The minimum Gasteiger partial charge on any atom is -0.496 e. The Morgan fingerprint density at radius 1 is 1.24 bits per heavy atom. The number of rotatable bonds is 6. The van der Waals surface area contributed by atoms with Gasteiger partial charge in [-0.2, -0.15) is 0 Å². The maximum absolute atomic E-state index is 11.1. The highest BCUT2D eigenvalue weighted by atomic mass is 35.5. The first-order valence-electron chi connectivity index (χ1n) is 6.52. The van der Waals surface area contributed by atoms with Gasteiger partial charge in [-0.15, -0.1) is 0 Å². The van der Waals surface area contributed by atoms with Crippen molar-refractivity contribution in [2.24, 2.45) is 5.73 Å². The van der Waals surface area contributed by atoms with Crippen molar-refractivity contribution in [3.8, 4) is 5.75 Å². The Morgan fingerprint density at radius 3 is 2.76 bits per heavy atom. The third kappa shape index (κ3) is 4.21. The number of hydrogen-bond acceptors (Lipinski definition) is 3. The predicted molar refractivity (Wildman–Crippen MR) is 83.5 cm³/mol. The van der Waals surface area contributed by atoms with Crippen molar-refractivity contribution >= 4 is 17.5 Å². The van der Waals surface area contributed by atoms with Crippen molar-refractivity contribution in [3.63, 3.8) is 0 Å². The molecule has 0 saturated heterocycles. The fourth-order valence-corrected chi connectivity index (χ4v) is 2.26. The smallest absolute Gasteiger partial charge is 0.248 e. The van der Waals surface area contributed by atoms with Crippen LogP contribution in [-0.4, -0.2) is 13.0 Å². The molecular formula is C16H17ClN2O2. The zero-order valence-electron chi connectivity index (χ0n) is 11.7. The van der Waals surface area contributed by atoms with Crippen LogP contribution >= 0.6 is 11.6 Å². The number of ether oxygens (including phenoxy) is 1. The van der Waals surface area contributed by atoms with Crippen LogP contribution in [0.3, 0.4) is 0 Å². The Hall–Kier alpha value is -2.04. The molecule has 0 atom stereocenters. The van der Waals surface area contributed by atoms with Crippen molar-refractivity contribution in [2.75, 3.05) is 7.11 Å². The molecule has 21 heavy (non-hydrogen) atoms. The summed E-state index contributed by atoms with van der Waals surface area (Å²) < 4.78 is 5.29. The van der Waals surface area contributed by atoms with E-state index in [1.165, 1.54) is 0 Å². The van der Waals surface area contributed by atoms with E-state index in [4.69, 9.17) is 22.1 Å². The highest BCUT2D eigenvalue weighted by Gasteiger charge is 2.05. The topological polar surface area (TPSA) is 64.3 Å². The number of carbonyl (C=O) groups is 1.